The lowest BCUT2D eigenvalue weighted by atomic mass is 9.73. The van der Waals surface area contributed by atoms with Crippen molar-refractivity contribution in [3.63, 3.8) is 0 Å². The molecule has 16 heavy (non-hydrogen) atoms. The van der Waals surface area contributed by atoms with E-state index in [2.05, 4.69) is 19.2 Å². The van der Waals surface area contributed by atoms with Crippen LogP contribution < -0.4 is 5.32 Å². The first kappa shape index (κ1) is 13.9. The number of ether oxygens (including phenoxy) is 2. The van der Waals surface area contributed by atoms with E-state index in [1.807, 2.05) is 0 Å². The van der Waals surface area contributed by atoms with Crippen molar-refractivity contribution in [1.82, 2.24) is 5.32 Å². The molecule has 1 fully saturated rings. The highest BCUT2D eigenvalue weighted by Gasteiger charge is 2.38. The molecule has 0 spiro atoms. The molecule has 0 saturated carbocycles. The fraction of sp³-hybridized carbons (Fsp3) is 1.00. The molecule has 3 nitrogen and oxygen atoms in total. The van der Waals surface area contributed by atoms with Gasteiger partial charge < -0.3 is 14.8 Å². The van der Waals surface area contributed by atoms with Gasteiger partial charge in [-0.1, -0.05) is 26.7 Å². The van der Waals surface area contributed by atoms with Crippen LogP contribution in [0.1, 0.15) is 33.1 Å². The van der Waals surface area contributed by atoms with Gasteiger partial charge >= 0.3 is 0 Å². The minimum absolute atomic E-state index is 0.365. The number of rotatable bonds is 8. The predicted molar refractivity (Wildman–Crippen MR) is 66.7 cm³/mol. The Bertz CT molecular complexity index is 179. The monoisotopic (exact) mass is 229 g/mol. The summed E-state index contributed by atoms with van der Waals surface area (Å²) in [6.45, 7) is 9.29. The Kier molecular flexibility index (Phi) is 6.32. The zero-order valence-corrected chi connectivity index (χ0v) is 11.1. The van der Waals surface area contributed by atoms with Crippen molar-refractivity contribution in [2.75, 3.05) is 40.0 Å². The predicted octanol–water partition coefficient (Wildman–Crippen LogP) is 2.07. The van der Waals surface area contributed by atoms with Gasteiger partial charge in [0.1, 0.15) is 0 Å². The van der Waals surface area contributed by atoms with E-state index in [1.54, 1.807) is 7.11 Å². The lowest BCUT2D eigenvalue weighted by Crippen LogP contribution is -2.41. The van der Waals surface area contributed by atoms with Crippen LogP contribution in [-0.2, 0) is 9.47 Å². The Morgan fingerprint density at radius 1 is 1.50 bits per heavy atom. The Hall–Kier alpha value is -0.120. The topological polar surface area (TPSA) is 30.5 Å². The molecule has 2 atom stereocenters. The van der Waals surface area contributed by atoms with Crippen molar-refractivity contribution in [1.29, 1.82) is 0 Å². The normalized spacial score (nSPS) is 27.2. The smallest absolute Gasteiger partial charge is 0.0587 e. The van der Waals surface area contributed by atoms with Gasteiger partial charge in [0.05, 0.1) is 13.2 Å². The number of nitrogens with one attached hydrogen (secondary N) is 1. The van der Waals surface area contributed by atoms with Gasteiger partial charge in [-0.05, 0) is 12.3 Å². The molecule has 96 valence electrons. The largest absolute Gasteiger partial charge is 0.383 e. The second-order valence-electron chi connectivity index (χ2n) is 5.02. The molecule has 0 aromatic heterocycles. The van der Waals surface area contributed by atoms with Crippen molar-refractivity contribution < 1.29 is 9.47 Å². The van der Waals surface area contributed by atoms with E-state index in [4.69, 9.17) is 9.47 Å². The highest BCUT2D eigenvalue weighted by molar-refractivity contribution is 4.89. The Labute approximate surface area is 99.9 Å². The van der Waals surface area contributed by atoms with Crippen LogP contribution in [0.15, 0.2) is 0 Å². The van der Waals surface area contributed by atoms with Gasteiger partial charge in [0, 0.05) is 32.2 Å². The zero-order chi connectivity index (χ0) is 11.9. The molecule has 0 aromatic rings. The molecule has 1 N–H and O–H groups in total. The lowest BCUT2D eigenvalue weighted by molar-refractivity contribution is 0.103. The summed E-state index contributed by atoms with van der Waals surface area (Å²) in [4.78, 5) is 0. The molecule has 1 aliphatic heterocycles. The minimum Gasteiger partial charge on any atom is -0.383 e. The maximum atomic E-state index is 5.61. The Balaban J connectivity index is 2.38. The molecule has 1 aliphatic rings. The standard InChI is InChI=1S/C13H27NO2/c1-4-5-12(2)13(6-8-16-11-13)10-14-7-9-15-3/h12,14H,4-11H2,1-3H3. The van der Waals surface area contributed by atoms with Gasteiger partial charge in [-0.15, -0.1) is 0 Å². The molecule has 2 unspecified atom stereocenters. The molecule has 1 saturated heterocycles. The molecular formula is C13H27NO2. The number of hydrogen-bond acceptors (Lipinski definition) is 3. The number of hydrogen-bond donors (Lipinski definition) is 1. The summed E-state index contributed by atoms with van der Waals surface area (Å²) < 4.78 is 10.7. The van der Waals surface area contributed by atoms with Crippen LogP contribution in [0, 0.1) is 11.3 Å². The van der Waals surface area contributed by atoms with Crippen LogP contribution in [0.2, 0.25) is 0 Å². The molecule has 1 rings (SSSR count). The maximum absolute atomic E-state index is 5.61. The molecule has 1 heterocycles. The average molecular weight is 229 g/mol. The summed E-state index contributed by atoms with van der Waals surface area (Å²) in [6, 6.07) is 0. The fourth-order valence-corrected chi connectivity index (χ4v) is 2.58. The summed E-state index contributed by atoms with van der Waals surface area (Å²) in [5.74, 6) is 0.745. The lowest BCUT2D eigenvalue weighted by Gasteiger charge is -2.34. The fourth-order valence-electron chi connectivity index (χ4n) is 2.58. The van der Waals surface area contributed by atoms with Crippen molar-refractivity contribution in [3.05, 3.63) is 0 Å². The molecule has 3 heteroatoms. The second kappa shape index (κ2) is 7.25. The molecular weight excluding hydrogens is 202 g/mol. The van der Waals surface area contributed by atoms with Crippen LogP contribution in [0.25, 0.3) is 0 Å². The molecule has 0 bridgehead atoms. The molecule has 0 radical (unpaired) electrons. The van der Waals surface area contributed by atoms with Crippen molar-refractivity contribution in [3.8, 4) is 0 Å². The number of methoxy groups -OCH3 is 1. The highest BCUT2D eigenvalue weighted by atomic mass is 16.5. The van der Waals surface area contributed by atoms with Crippen LogP contribution in [0.5, 0.6) is 0 Å². The quantitative estimate of drug-likeness (QED) is 0.646. The van der Waals surface area contributed by atoms with Crippen LogP contribution in [-0.4, -0.2) is 40.0 Å². The molecule has 0 aliphatic carbocycles. The third kappa shape index (κ3) is 3.72. The van der Waals surface area contributed by atoms with E-state index in [-0.39, 0.29) is 0 Å². The summed E-state index contributed by atoms with van der Waals surface area (Å²) in [7, 11) is 1.75. The Morgan fingerprint density at radius 2 is 2.31 bits per heavy atom. The average Bonchev–Trinajstić information content (AvgIpc) is 2.75. The van der Waals surface area contributed by atoms with E-state index in [0.29, 0.717) is 5.41 Å². The van der Waals surface area contributed by atoms with Gasteiger partial charge in [0.25, 0.3) is 0 Å². The van der Waals surface area contributed by atoms with Gasteiger partial charge in [0.15, 0.2) is 0 Å². The SMILES string of the molecule is CCCC(C)C1(CNCCOC)CCOC1. The van der Waals surface area contributed by atoms with Crippen LogP contribution in [0.4, 0.5) is 0 Å². The van der Waals surface area contributed by atoms with Crippen LogP contribution >= 0.6 is 0 Å². The van der Waals surface area contributed by atoms with Crippen molar-refractivity contribution >= 4 is 0 Å². The summed E-state index contributed by atoms with van der Waals surface area (Å²) in [5, 5.41) is 3.50. The van der Waals surface area contributed by atoms with Gasteiger partial charge in [0.2, 0.25) is 0 Å². The highest BCUT2D eigenvalue weighted by Crippen LogP contribution is 2.38. The van der Waals surface area contributed by atoms with E-state index < -0.39 is 0 Å². The summed E-state index contributed by atoms with van der Waals surface area (Å²) >= 11 is 0. The van der Waals surface area contributed by atoms with Crippen molar-refractivity contribution in [2.24, 2.45) is 11.3 Å². The van der Waals surface area contributed by atoms with E-state index in [0.717, 1.165) is 38.8 Å². The van der Waals surface area contributed by atoms with E-state index >= 15 is 0 Å². The third-order valence-electron chi connectivity index (χ3n) is 3.86. The van der Waals surface area contributed by atoms with Gasteiger partial charge in [-0.2, -0.15) is 0 Å². The van der Waals surface area contributed by atoms with E-state index in [1.165, 1.54) is 19.3 Å². The molecule has 0 aromatic carbocycles. The maximum Gasteiger partial charge on any atom is 0.0587 e. The first-order valence-electron chi connectivity index (χ1n) is 6.52. The van der Waals surface area contributed by atoms with Crippen LogP contribution in [0.3, 0.4) is 0 Å². The van der Waals surface area contributed by atoms with Gasteiger partial charge in [-0.3, -0.25) is 0 Å². The minimum atomic E-state index is 0.365. The summed E-state index contributed by atoms with van der Waals surface area (Å²) in [6.07, 6.45) is 3.77. The molecule has 0 amide bonds. The Morgan fingerprint density at radius 3 is 2.88 bits per heavy atom. The van der Waals surface area contributed by atoms with Gasteiger partial charge in [-0.25, -0.2) is 0 Å². The van der Waals surface area contributed by atoms with E-state index in [9.17, 15) is 0 Å². The zero-order valence-electron chi connectivity index (χ0n) is 11.1. The summed E-state index contributed by atoms with van der Waals surface area (Å²) in [5.41, 5.74) is 0.365. The first-order valence-corrected chi connectivity index (χ1v) is 6.52. The first-order chi connectivity index (χ1) is 7.75. The second-order valence-corrected chi connectivity index (χ2v) is 5.02. The van der Waals surface area contributed by atoms with Crippen molar-refractivity contribution in [2.45, 2.75) is 33.1 Å². The third-order valence-corrected chi connectivity index (χ3v) is 3.86.